The van der Waals surface area contributed by atoms with Crippen LogP contribution in [0.4, 0.5) is 11.5 Å². The normalized spacial score (nSPS) is 14.5. The topological polar surface area (TPSA) is 126 Å². The molecule has 12 heteroatoms. The van der Waals surface area contributed by atoms with Gasteiger partial charge < -0.3 is 10.1 Å². The van der Waals surface area contributed by atoms with Crippen LogP contribution in [0.5, 0.6) is 11.6 Å². The van der Waals surface area contributed by atoms with E-state index in [1.54, 1.807) is 26.2 Å². The monoisotopic (exact) mass is 579 g/mol. The number of hydrogen-bond donors (Lipinski definition) is 1. The van der Waals surface area contributed by atoms with E-state index in [0.717, 1.165) is 22.4 Å². The van der Waals surface area contributed by atoms with Crippen LogP contribution < -0.4 is 10.1 Å². The molecule has 1 aliphatic rings. The molecule has 1 N–H and O–H groups in total. The molecule has 0 amide bonds. The minimum Gasteiger partial charge on any atom is -0.437 e. The standard InChI is InChI=1S/C28H30ClN7O3S/c1-19-13-22(16-30)14-20(2)26(19)39-28-25(29)15-23(17-31)27(33-28)32-24-7-5-21(6-8-24)18-35-9-11-36(12-10-35)40(37,38)34(3)4/h5-8,13-15H,9-12,18H2,1-4H3,(H,32,33). The van der Waals surface area contributed by atoms with Gasteiger partial charge in [0.1, 0.15) is 16.8 Å². The molecule has 0 aliphatic carbocycles. The quantitative estimate of drug-likeness (QED) is 0.412. The fourth-order valence-corrected chi connectivity index (χ4v) is 5.71. The average Bonchev–Trinajstić information content (AvgIpc) is 2.93. The fourth-order valence-electron chi connectivity index (χ4n) is 4.43. The summed E-state index contributed by atoms with van der Waals surface area (Å²) in [6.07, 6.45) is 0. The number of benzene rings is 2. The molecular weight excluding hydrogens is 550 g/mol. The van der Waals surface area contributed by atoms with Gasteiger partial charge >= 0.3 is 0 Å². The van der Waals surface area contributed by atoms with Gasteiger partial charge in [-0.25, -0.2) is 0 Å². The van der Waals surface area contributed by atoms with Gasteiger partial charge in [-0.3, -0.25) is 4.90 Å². The summed E-state index contributed by atoms with van der Waals surface area (Å²) in [6, 6.07) is 17.0. The second-order valence-electron chi connectivity index (χ2n) is 9.72. The van der Waals surface area contributed by atoms with Gasteiger partial charge in [0.15, 0.2) is 5.82 Å². The van der Waals surface area contributed by atoms with Crippen LogP contribution in [0.2, 0.25) is 5.02 Å². The van der Waals surface area contributed by atoms with Gasteiger partial charge in [-0.1, -0.05) is 23.7 Å². The summed E-state index contributed by atoms with van der Waals surface area (Å²) >= 11 is 6.40. The van der Waals surface area contributed by atoms with E-state index in [2.05, 4.69) is 27.3 Å². The number of nitrogens with zero attached hydrogens (tertiary/aromatic N) is 6. The van der Waals surface area contributed by atoms with Gasteiger partial charge in [-0.2, -0.15) is 32.5 Å². The van der Waals surface area contributed by atoms with Crippen LogP contribution >= 0.6 is 11.6 Å². The molecule has 0 atom stereocenters. The van der Waals surface area contributed by atoms with Crippen molar-refractivity contribution >= 4 is 33.3 Å². The first kappa shape index (κ1) is 29.3. The minimum absolute atomic E-state index is 0.145. The highest BCUT2D eigenvalue weighted by Crippen LogP contribution is 2.35. The maximum absolute atomic E-state index is 12.3. The minimum atomic E-state index is -3.39. The molecule has 2 heterocycles. The first-order chi connectivity index (χ1) is 19.0. The SMILES string of the molecule is Cc1cc(C#N)cc(C)c1Oc1nc(Nc2ccc(CN3CCN(S(=O)(=O)N(C)C)CC3)cc2)c(C#N)cc1Cl. The highest BCUT2D eigenvalue weighted by Gasteiger charge is 2.28. The van der Waals surface area contributed by atoms with Crippen molar-refractivity contribution in [3.05, 3.63) is 75.3 Å². The third-order valence-corrected chi connectivity index (χ3v) is 8.81. The Hall–Kier alpha value is -3.71. The number of rotatable bonds is 8. The van der Waals surface area contributed by atoms with Gasteiger partial charge in [-0.05, 0) is 60.9 Å². The molecule has 0 spiro atoms. The third-order valence-electron chi connectivity index (χ3n) is 6.59. The molecule has 1 aromatic heterocycles. The Morgan fingerprint density at radius 2 is 1.65 bits per heavy atom. The summed E-state index contributed by atoms with van der Waals surface area (Å²) in [7, 11) is -0.308. The molecule has 4 rings (SSSR count). The van der Waals surface area contributed by atoms with Crippen molar-refractivity contribution in [1.82, 2.24) is 18.5 Å². The molecule has 0 saturated carbocycles. The Morgan fingerprint density at radius 3 is 2.20 bits per heavy atom. The molecular formula is C28H30ClN7O3S. The van der Waals surface area contributed by atoms with E-state index in [9.17, 15) is 18.9 Å². The van der Waals surface area contributed by atoms with Crippen molar-refractivity contribution in [3.8, 4) is 23.8 Å². The summed E-state index contributed by atoms with van der Waals surface area (Å²) in [5.74, 6) is 0.997. The van der Waals surface area contributed by atoms with E-state index in [-0.39, 0.29) is 16.5 Å². The van der Waals surface area contributed by atoms with E-state index >= 15 is 0 Å². The summed E-state index contributed by atoms with van der Waals surface area (Å²) in [4.78, 5) is 6.71. The number of hydrogen-bond acceptors (Lipinski definition) is 8. The largest absolute Gasteiger partial charge is 0.437 e. The predicted octanol–water partition coefficient (Wildman–Crippen LogP) is 4.56. The number of aromatic nitrogens is 1. The lowest BCUT2D eigenvalue weighted by molar-refractivity contribution is 0.177. The van der Waals surface area contributed by atoms with Crippen LogP contribution in [0, 0.1) is 36.5 Å². The molecule has 10 nitrogen and oxygen atoms in total. The van der Waals surface area contributed by atoms with E-state index in [1.165, 1.54) is 14.7 Å². The molecule has 1 saturated heterocycles. The molecule has 208 valence electrons. The second-order valence-corrected chi connectivity index (χ2v) is 12.3. The van der Waals surface area contributed by atoms with Crippen molar-refractivity contribution in [2.75, 3.05) is 45.6 Å². The van der Waals surface area contributed by atoms with Crippen molar-refractivity contribution < 1.29 is 13.2 Å². The summed E-state index contributed by atoms with van der Waals surface area (Å²) in [5, 5.41) is 22.2. The van der Waals surface area contributed by atoms with Crippen molar-refractivity contribution in [3.63, 3.8) is 0 Å². The zero-order valence-electron chi connectivity index (χ0n) is 22.8. The molecule has 2 aromatic carbocycles. The summed E-state index contributed by atoms with van der Waals surface area (Å²) < 4.78 is 33.5. The number of nitriles is 2. The number of pyridine rings is 1. The lowest BCUT2D eigenvalue weighted by atomic mass is 10.1. The maximum Gasteiger partial charge on any atom is 0.281 e. The maximum atomic E-state index is 12.3. The fraction of sp³-hybridized carbons (Fsp3) is 0.321. The third kappa shape index (κ3) is 6.53. The van der Waals surface area contributed by atoms with Crippen LogP contribution in [0.25, 0.3) is 0 Å². The number of piperazine rings is 1. The lowest BCUT2D eigenvalue weighted by Crippen LogP contribution is -2.51. The van der Waals surface area contributed by atoms with Gasteiger partial charge in [0.05, 0.1) is 17.2 Å². The molecule has 0 bridgehead atoms. The van der Waals surface area contributed by atoms with Crippen LogP contribution in [0.15, 0.2) is 42.5 Å². The number of aryl methyl sites for hydroxylation is 2. The molecule has 3 aromatic rings. The van der Waals surface area contributed by atoms with Gasteiger partial charge in [0.25, 0.3) is 10.2 Å². The van der Waals surface area contributed by atoms with E-state index in [1.807, 2.05) is 38.1 Å². The highest BCUT2D eigenvalue weighted by atomic mass is 35.5. The zero-order valence-corrected chi connectivity index (χ0v) is 24.3. The smallest absolute Gasteiger partial charge is 0.281 e. The molecule has 1 fully saturated rings. The van der Waals surface area contributed by atoms with E-state index < -0.39 is 10.2 Å². The lowest BCUT2D eigenvalue weighted by Gasteiger charge is -2.35. The van der Waals surface area contributed by atoms with Crippen LogP contribution in [-0.2, 0) is 16.8 Å². The van der Waals surface area contributed by atoms with Crippen LogP contribution in [0.1, 0.15) is 27.8 Å². The summed E-state index contributed by atoms with van der Waals surface area (Å²) in [6.45, 7) is 6.57. The molecule has 0 radical (unpaired) electrons. The Bertz CT molecular complexity index is 1560. The number of halogens is 1. The van der Waals surface area contributed by atoms with Crippen molar-refractivity contribution in [2.45, 2.75) is 20.4 Å². The van der Waals surface area contributed by atoms with Crippen molar-refractivity contribution in [1.29, 1.82) is 10.5 Å². The highest BCUT2D eigenvalue weighted by molar-refractivity contribution is 7.86. The van der Waals surface area contributed by atoms with Crippen LogP contribution in [-0.4, -0.2) is 67.2 Å². The van der Waals surface area contributed by atoms with Gasteiger partial charge in [0.2, 0.25) is 5.88 Å². The summed E-state index contributed by atoms with van der Waals surface area (Å²) in [5.41, 5.74) is 4.14. The first-order valence-corrected chi connectivity index (χ1v) is 14.3. The average molecular weight is 580 g/mol. The number of anilines is 2. The first-order valence-electron chi connectivity index (χ1n) is 12.6. The van der Waals surface area contributed by atoms with Gasteiger partial charge in [0, 0.05) is 52.5 Å². The predicted molar refractivity (Wildman–Crippen MR) is 154 cm³/mol. The second kappa shape index (κ2) is 12.2. The Labute approximate surface area is 240 Å². The van der Waals surface area contributed by atoms with Gasteiger partial charge in [-0.15, -0.1) is 0 Å². The Morgan fingerprint density at radius 1 is 1.02 bits per heavy atom. The van der Waals surface area contributed by atoms with E-state index in [4.69, 9.17) is 16.3 Å². The van der Waals surface area contributed by atoms with Crippen LogP contribution in [0.3, 0.4) is 0 Å². The molecule has 0 unspecified atom stereocenters. The Balaban J connectivity index is 1.45. The number of nitrogens with one attached hydrogen (secondary N) is 1. The Kier molecular flexibility index (Phi) is 8.94. The number of ether oxygens (including phenoxy) is 1. The zero-order chi connectivity index (χ0) is 29.0. The van der Waals surface area contributed by atoms with Crippen molar-refractivity contribution in [2.24, 2.45) is 0 Å². The van der Waals surface area contributed by atoms with E-state index in [0.29, 0.717) is 49.9 Å². The molecule has 40 heavy (non-hydrogen) atoms. The molecule has 1 aliphatic heterocycles.